The second-order valence-corrected chi connectivity index (χ2v) is 8.12. The van der Waals surface area contributed by atoms with E-state index in [0.29, 0.717) is 25.0 Å². The molecule has 1 amide bonds. The molecule has 0 bridgehead atoms. The van der Waals surface area contributed by atoms with Gasteiger partial charge in [0.15, 0.2) is 0 Å². The first-order valence-corrected chi connectivity index (χ1v) is 10.3. The average molecular weight is 358 g/mol. The zero-order chi connectivity index (χ0) is 17.9. The fourth-order valence-corrected chi connectivity index (χ4v) is 4.48. The Morgan fingerprint density at radius 1 is 1.27 bits per heavy atom. The first kappa shape index (κ1) is 17.9. The third-order valence-electron chi connectivity index (χ3n) is 6.25. The van der Waals surface area contributed by atoms with Crippen LogP contribution in [0.25, 0.3) is 0 Å². The van der Waals surface area contributed by atoms with E-state index in [1.54, 1.807) is 0 Å². The van der Waals surface area contributed by atoms with Crippen LogP contribution in [0.3, 0.4) is 0 Å². The smallest absolute Gasteiger partial charge is 0.237 e. The van der Waals surface area contributed by atoms with Gasteiger partial charge in [-0.25, -0.2) is 9.97 Å². The summed E-state index contributed by atoms with van der Waals surface area (Å²) >= 11 is 0. The van der Waals surface area contributed by atoms with Crippen LogP contribution in [0.1, 0.15) is 62.0 Å². The van der Waals surface area contributed by atoms with Crippen molar-refractivity contribution in [3.63, 3.8) is 0 Å². The number of amides is 1. The molecule has 1 aromatic rings. The Hall–Kier alpha value is -1.53. The summed E-state index contributed by atoms with van der Waals surface area (Å²) in [7, 11) is 0. The molecular weight excluding hydrogens is 326 g/mol. The summed E-state index contributed by atoms with van der Waals surface area (Å²) in [5, 5.41) is 3.44. The molecule has 26 heavy (non-hydrogen) atoms. The highest BCUT2D eigenvalue weighted by Crippen LogP contribution is 2.24. The minimum Gasteiger partial charge on any atom is -0.337 e. The maximum Gasteiger partial charge on any atom is 0.237 e. The van der Waals surface area contributed by atoms with Gasteiger partial charge in [-0.05, 0) is 45.7 Å². The maximum atomic E-state index is 12.8. The molecule has 6 nitrogen and oxygen atoms in total. The van der Waals surface area contributed by atoms with Crippen LogP contribution in [0.5, 0.6) is 0 Å². The van der Waals surface area contributed by atoms with Gasteiger partial charge in [0.2, 0.25) is 5.91 Å². The number of aromatic nitrogens is 2. The van der Waals surface area contributed by atoms with Crippen molar-refractivity contribution in [2.45, 2.75) is 64.0 Å². The first-order chi connectivity index (χ1) is 12.7. The number of likely N-dealkylation sites (tertiary alicyclic amines) is 1. The number of nitrogens with one attached hydrogen (secondary N) is 1. The summed E-state index contributed by atoms with van der Waals surface area (Å²) in [6.07, 6.45) is 8.91. The summed E-state index contributed by atoms with van der Waals surface area (Å²) in [5.74, 6) is 1.68. The molecule has 0 saturated carbocycles. The second-order valence-electron chi connectivity index (χ2n) is 8.12. The van der Waals surface area contributed by atoms with Gasteiger partial charge in [0.25, 0.3) is 0 Å². The predicted octanol–water partition coefficient (Wildman–Crippen LogP) is 1.70. The second kappa shape index (κ2) is 8.01. The largest absolute Gasteiger partial charge is 0.337 e. The Balaban J connectivity index is 1.38. The summed E-state index contributed by atoms with van der Waals surface area (Å²) < 4.78 is 0. The molecule has 0 radical (unpaired) electrons. The van der Waals surface area contributed by atoms with Crippen molar-refractivity contribution in [2.75, 3.05) is 32.7 Å². The zero-order valence-corrected chi connectivity index (χ0v) is 15.9. The minimum atomic E-state index is 0.255. The lowest BCUT2D eigenvalue weighted by atomic mass is 9.98. The Kier molecular flexibility index (Phi) is 5.50. The molecule has 3 aliphatic heterocycles. The number of carbonyl (C=O) groups is 1. The number of hydrogen-bond donors (Lipinski definition) is 1. The Bertz CT molecular complexity index is 643. The van der Waals surface area contributed by atoms with Crippen molar-refractivity contribution in [1.29, 1.82) is 0 Å². The fourth-order valence-electron chi connectivity index (χ4n) is 4.48. The van der Waals surface area contributed by atoms with Crippen LogP contribution in [0.2, 0.25) is 0 Å². The normalized spacial score (nSPS) is 27.2. The molecular formula is C20H31N5O. The van der Waals surface area contributed by atoms with Crippen LogP contribution in [0.4, 0.5) is 0 Å². The topological polar surface area (TPSA) is 61.4 Å². The summed E-state index contributed by atoms with van der Waals surface area (Å²) in [6.45, 7) is 7.40. The molecule has 4 rings (SSSR count). The Labute approximate surface area is 156 Å². The van der Waals surface area contributed by atoms with Crippen LogP contribution in [-0.2, 0) is 17.8 Å². The SMILES string of the molecule is C[C@H]1CCCCN1CC(=O)N1CCc2nc([C@@H]3CCCNC3)ncc2C1. The quantitative estimate of drug-likeness (QED) is 0.892. The first-order valence-electron chi connectivity index (χ1n) is 10.3. The van der Waals surface area contributed by atoms with Crippen LogP contribution in [0, 0.1) is 0 Å². The molecule has 0 spiro atoms. The zero-order valence-electron chi connectivity index (χ0n) is 15.9. The van der Waals surface area contributed by atoms with Crippen LogP contribution >= 0.6 is 0 Å². The highest BCUT2D eigenvalue weighted by Gasteiger charge is 2.27. The van der Waals surface area contributed by atoms with Gasteiger partial charge in [0.1, 0.15) is 5.82 Å². The highest BCUT2D eigenvalue weighted by molar-refractivity contribution is 5.78. The van der Waals surface area contributed by atoms with E-state index in [0.717, 1.165) is 49.7 Å². The molecule has 4 heterocycles. The van der Waals surface area contributed by atoms with Gasteiger partial charge in [-0.2, -0.15) is 0 Å². The van der Waals surface area contributed by atoms with Gasteiger partial charge in [-0.15, -0.1) is 0 Å². The van der Waals surface area contributed by atoms with E-state index in [-0.39, 0.29) is 5.91 Å². The van der Waals surface area contributed by atoms with Crippen molar-refractivity contribution >= 4 is 5.91 Å². The van der Waals surface area contributed by atoms with Gasteiger partial charge in [0.05, 0.1) is 12.2 Å². The van der Waals surface area contributed by atoms with E-state index < -0.39 is 0 Å². The number of carbonyl (C=O) groups excluding carboxylic acids is 1. The van der Waals surface area contributed by atoms with Crippen molar-refractivity contribution in [2.24, 2.45) is 0 Å². The van der Waals surface area contributed by atoms with Crippen LogP contribution in [-0.4, -0.2) is 64.4 Å². The van der Waals surface area contributed by atoms with E-state index in [2.05, 4.69) is 22.1 Å². The van der Waals surface area contributed by atoms with E-state index in [1.807, 2.05) is 11.1 Å². The molecule has 1 aromatic heterocycles. The van der Waals surface area contributed by atoms with E-state index in [1.165, 1.54) is 32.1 Å². The van der Waals surface area contributed by atoms with Crippen molar-refractivity contribution in [3.05, 3.63) is 23.3 Å². The van der Waals surface area contributed by atoms with Gasteiger partial charge in [-0.3, -0.25) is 9.69 Å². The molecule has 3 aliphatic rings. The van der Waals surface area contributed by atoms with Gasteiger partial charge in [0, 0.05) is 49.8 Å². The molecule has 2 fully saturated rings. The average Bonchev–Trinajstić information content (AvgIpc) is 2.69. The van der Waals surface area contributed by atoms with Crippen LogP contribution in [0.15, 0.2) is 6.20 Å². The molecule has 142 valence electrons. The molecule has 1 N–H and O–H groups in total. The number of nitrogens with zero attached hydrogens (tertiary/aromatic N) is 4. The van der Waals surface area contributed by atoms with E-state index in [4.69, 9.17) is 4.98 Å². The van der Waals surface area contributed by atoms with Gasteiger partial charge >= 0.3 is 0 Å². The Morgan fingerprint density at radius 3 is 3.00 bits per heavy atom. The molecule has 0 aromatic carbocycles. The molecule has 2 atom stereocenters. The molecule has 0 aliphatic carbocycles. The molecule has 2 saturated heterocycles. The number of rotatable bonds is 3. The lowest BCUT2D eigenvalue weighted by Gasteiger charge is -2.35. The van der Waals surface area contributed by atoms with Gasteiger partial charge < -0.3 is 10.2 Å². The number of fused-ring (bicyclic) bond motifs is 1. The van der Waals surface area contributed by atoms with E-state index in [9.17, 15) is 4.79 Å². The standard InChI is InChI=1S/C20H31N5O/c1-15-5-2-3-9-24(15)14-19(26)25-10-7-18-17(13-25)12-22-20(23-18)16-6-4-8-21-11-16/h12,15-16,21H,2-11,13-14H2,1H3/t15-,16+/m0/s1. The number of hydrogen-bond acceptors (Lipinski definition) is 5. The summed E-state index contributed by atoms with van der Waals surface area (Å²) in [6, 6.07) is 0.528. The van der Waals surface area contributed by atoms with Crippen molar-refractivity contribution < 1.29 is 4.79 Å². The highest BCUT2D eigenvalue weighted by atomic mass is 16.2. The van der Waals surface area contributed by atoms with Gasteiger partial charge in [-0.1, -0.05) is 6.42 Å². The number of piperidine rings is 2. The predicted molar refractivity (Wildman–Crippen MR) is 101 cm³/mol. The third-order valence-corrected chi connectivity index (χ3v) is 6.25. The summed E-state index contributed by atoms with van der Waals surface area (Å²) in [5.41, 5.74) is 2.28. The summed E-state index contributed by atoms with van der Waals surface area (Å²) in [4.78, 5) is 26.6. The molecule has 6 heteroatoms. The monoisotopic (exact) mass is 357 g/mol. The maximum absolute atomic E-state index is 12.8. The minimum absolute atomic E-state index is 0.255. The van der Waals surface area contributed by atoms with Crippen molar-refractivity contribution in [3.8, 4) is 0 Å². The lowest BCUT2D eigenvalue weighted by Crippen LogP contribution is -2.47. The fraction of sp³-hybridized carbons (Fsp3) is 0.750. The lowest BCUT2D eigenvalue weighted by molar-refractivity contribution is -0.134. The van der Waals surface area contributed by atoms with E-state index >= 15 is 0 Å². The third kappa shape index (κ3) is 3.91. The van der Waals surface area contributed by atoms with Crippen LogP contribution < -0.4 is 5.32 Å². The Morgan fingerprint density at radius 2 is 2.19 bits per heavy atom. The molecule has 0 unspecified atom stereocenters. The van der Waals surface area contributed by atoms with Crippen molar-refractivity contribution in [1.82, 2.24) is 25.1 Å².